The lowest BCUT2D eigenvalue weighted by Crippen LogP contribution is -2.11. The number of hydrogen-bond acceptors (Lipinski definition) is 2. The molecule has 0 aromatic heterocycles. The molecule has 0 aliphatic rings. The minimum Gasteiger partial charge on any atom is -0.310 e. The van der Waals surface area contributed by atoms with Crippen LogP contribution < -0.4 is 9.80 Å². The molecule has 0 unspecified atom stereocenters. The van der Waals surface area contributed by atoms with Gasteiger partial charge in [0.25, 0.3) is 0 Å². The fourth-order valence-corrected chi connectivity index (χ4v) is 9.86. The van der Waals surface area contributed by atoms with Gasteiger partial charge in [-0.1, -0.05) is 185 Å². The highest BCUT2D eigenvalue weighted by Crippen LogP contribution is 2.49. The maximum absolute atomic E-state index is 2.43. The molecular formula is C64H52N2. The van der Waals surface area contributed by atoms with Gasteiger partial charge in [0.1, 0.15) is 0 Å². The summed E-state index contributed by atoms with van der Waals surface area (Å²) < 4.78 is 0. The van der Waals surface area contributed by atoms with Gasteiger partial charge in [-0.15, -0.1) is 0 Å². The van der Waals surface area contributed by atoms with E-state index in [1.165, 1.54) is 76.5 Å². The Hall–Kier alpha value is -7.94. The van der Waals surface area contributed by atoms with Gasteiger partial charge in [0.05, 0.1) is 0 Å². The van der Waals surface area contributed by atoms with Crippen molar-refractivity contribution in [2.24, 2.45) is 0 Å². The zero-order valence-corrected chi connectivity index (χ0v) is 38.0. The minimum atomic E-state index is 0.442. The van der Waals surface area contributed by atoms with E-state index in [2.05, 4.69) is 268 Å². The van der Waals surface area contributed by atoms with Crippen LogP contribution in [-0.4, -0.2) is 0 Å². The number of anilines is 6. The second kappa shape index (κ2) is 17.2. The fraction of sp³-hybridized carbons (Fsp3) is 0.0938. The van der Waals surface area contributed by atoms with E-state index >= 15 is 0 Å². The van der Waals surface area contributed by atoms with E-state index in [9.17, 15) is 0 Å². The second-order valence-electron chi connectivity index (χ2n) is 18.2. The van der Waals surface area contributed by atoms with E-state index in [4.69, 9.17) is 0 Å². The summed E-state index contributed by atoms with van der Waals surface area (Å²) in [5.41, 5.74) is 14.2. The monoisotopic (exact) mass is 848 g/mol. The highest BCUT2D eigenvalue weighted by atomic mass is 15.1. The van der Waals surface area contributed by atoms with Crippen molar-refractivity contribution in [1.82, 2.24) is 0 Å². The van der Waals surface area contributed by atoms with Gasteiger partial charge >= 0.3 is 0 Å². The number of rotatable bonds is 10. The molecule has 318 valence electrons. The SMILES string of the molecule is CC(C)c1ccc(N(c2ccc3ccccc3c2)c2ccc3c(-c4ccccc4)c4cc(N(c5ccc(C(C)C)cc5)c5ccc6ccccc6c5)ccc4c(-c4ccccc4)c3c2)cc1. The van der Waals surface area contributed by atoms with E-state index in [1.807, 2.05) is 0 Å². The first kappa shape index (κ1) is 40.8. The zero-order chi connectivity index (χ0) is 44.7. The van der Waals surface area contributed by atoms with Crippen LogP contribution >= 0.6 is 0 Å². The largest absolute Gasteiger partial charge is 0.310 e. The van der Waals surface area contributed by atoms with Crippen LogP contribution in [-0.2, 0) is 0 Å². The van der Waals surface area contributed by atoms with Crippen molar-refractivity contribution in [3.8, 4) is 22.3 Å². The average Bonchev–Trinajstić information content (AvgIpc) is 3.36. The lowest BCUT2D eigenvalue weighted by molar-refractivity contribution is 0.866. The molecule has 0 amide bonds. The predicted octanol–water partition coefficient (Wildman–Crippen LogP) is 18.8. The molecule has 0 aliphatic carbocycles. The summed E-state index contributed by atoms with van der Waals surface area (Å²) >= 11 is 0. The highest BCUT2D eigenvalue weighted by Gasteiger charge is 2.23. The molecule has 0 saturated carbocycles. The third kappa shape index (κ3) is 7.55. The van der Waals surface area contributed by atoms with Gasteiger partial charge < -0.3 is 9.80 Å². The Bertz CT molecular complexity index is 3280. The molecule has 0 atom stereocenters. The maximum atomic E-state index is 2.43. The molecular weight excluding hydrogens is 797 g/mol. The van der Waals surface area contributed by atoms with Crippen molar-refractivity contribution >= 4 is 77.2 Å². The topological polar surface area (TPSA) is 6.48 Å². The van der Waals surface area contributed by atoms with Crippen LogP contribution in [0.2, 0.25) is 0 Å². The van der Waals surface area contributed by atoms with Crippen LogP contribution in [0.5, 0.6) is 0 Å². The quantitative estimate of drug-likeness (QED) is 0.127. The maximum Gasteiger partial charge on any atom is 0.0468 e. The molecule has 0 saturated heterocycles. The second-order valence-corrected chi connectivity index (χ2v) is 18.2. The van der Waals surface area contributed by atoms with Crippen LogP contribution in [0.15, 0.2) is 231 Å². The normalized spacial score (nSPS) is 11.6. The Balaban J connectivity index is 1.19. The number of nitrogens with zero attached hydrogens (tertiary/aromatic N) is 2. The van der Waals surface area contributed by atoms with Gasteiger partial charge in [-0.2, -0.15) is 0 Å². The first-order chi connectivity index (χ1) is 32.4. The van der Waals surface area contributed by atoms with Crippen molar-refractivity contribution in [2.45, 2.75) is 39.5 Å². The van der Waals surface area contributed by atoms with Crippen LogP contribution in [0.1, 0.15) is 50.7 Å². The van der Waals surface area contributed by atoms with Crippen LogP contribution in [0.25, 0.3) is 65.3 Å². The minimum absolute atomic E-state index is 0.442. The van der Waals surface area contributed by atoms with Gasteiger partial charge in [-0.25, -0.2) is 0 Å². The van der Waals surface area contributed by atoms with E-state index in [1.54, 1.807) is 0 Å². The third-order valence-electron chi connectivity index (χ3n) is 13.3. The van der Waals surface area contributed by atoms with Crippen molar-refractivity contribution in [1.29, 1.82) is 0 Å². The van der Waals surface area contributed by atoms with Gasteiger partial charge in [0, 0.05) is 34.1 Å². The summed E-state index contributed by atoms with van der Waals surface area (Å²) in [4.78, 5) is 4.85. The molecule has 2 heteroatoms. The van der Waals surface area contributed by atoms with E-state index in [0.29, 0.717) is 11.8 Å². The summed E-state index contributed by atoms with van der Waals surface area (Å²) in [6, 6.07) is 85.4. The van der Waals surface area contributed by atoms with Gasteiger partial charge in [-0.05, 0) is 161 Å². The summed E-state index contributed by atoms with van der Waals surface area (Å²) in [6.45, 7) is 9.03. The third-order valence-corrected chi connectivity index (χ3v) is 13.3. The Kier molecular flexibility index (Phi) is 10.6. The number of benzene rings is 11. The molecule has 0 aliphatic heterocycles. The predicted molar refractivity (Wildman–Crippen MR) is 285 cm³/mol. The molecule has 0 bridgehead atoms. The Morgan fingerprint density at radius 3 is 0.955 bits per heavy atom. The van der Waals surface area contributed by atoms with Crippen LogP contribution in [0, 0.1) is 0 Å². The van der Waals surface area contributed by atoms with Crippen molar-refractivity contribution in [3.63, 3.8) is 0 Å². The van der Waals surface area contributed by atoms with E-state index < -0.39 is 0 Å². The Labute approximate surface area is 388 Å². The molecule has 11 aromatic carbocycles. The number of hydrogen-bond donors (Lipinski definition) is 0. The molecule has 11 aromatic rings. The van der Waals surface area contributed by atoms with Crippen molar-refractivity contribution < 1.29 is 0 Å². The highest BCUT2D eigenvalue weighted by molar-refractivity contribution is 6.22. The number of fused-ring (bicyclic) bond motifs is 4. The molecule has 66 heavy (non-hydrogen) atoms. The van der Waals surface area contributed by atoms with Gasteiger partial charge in [-0.3, -0.25) is 0 Å². The molecule has 0 heterocycles. The molecule has 0 fully saturated rings. The summed E-state index contributed by atoms with van der Waals surface area (Å²) in [6.07, 6.45) is 0. The summed E-state index contributed by atoms with van der Waals surface area (Å²) in [7, 11) is 0. The zero-order valence-electron chi connectivity index (χ0n) is 38.0. The molecule has 0 radical (unpaired) electrons. The van der Waals surface area contributed by atoms with Crippen LogP contribution in [0.4, 0.5) is 34.1 Å². The fourth-order valence-electron chi connectivity index (χ4n) is 9.86. The average molecular weight is 849 g/mol. The lowest BCUT2D eigenvalue weighted by Gasteiger charge is -2.28. The van der Waals surface area contributed by atoms with Gasteiger partial charge in [0.2, 0.25) is 0 Å². The Morgan fingerprint density at radius 2 is 0.576 bits per heavy atom. The smallest absolute Gasteiger partial charge is 0.0468 e. The van der Waals surface area contributed by atoms with Crippen molar-refractivity contribution in [3.05, 3.63) is 242 Å². The summed E-state index contributed by atoms with van der Waals surface area (Å²) in [5.74, 6) is 0.884. The molecule has 11 rings (SSSR count). The lowest BCUT2D eigenvalue weighted by atomic mass is 9.85. The molecule has 0 N–H and O–H groups in total. The molecule has 2 nitrogen and oxygen atoms in total. The van der Waals surface area contributed by atoms with E-state index in [0.717, 1.165) is 34.1 Å². The van der Waals surface area contributed by atoms with E-state index in [-0.39, 0.29) is 0 Å². The van der Waals surface area contributed by atoms with Gasteiger partial charge in [0.15, 0.2) is 0 Å². The van der Waals surface area contributed by atoms with Crippen molar-refractivity contribution in [2.75, 3.05) is 9.80 Å². The first-order valence-corrected chi connectivity index (χ1v) is 23.3. The summed E-state index contributed by atoms with van der Waals surface area (Å²) in [5, 5.41) is 9.72. The molecule has 0 spiro atoms. The van der Waals surface area contributed by atoms with Crippen LogP contribution in [0.3, 0.4) is 0 Å². The first-order valence-electron chi connectivity index (χ1n) is 23.3. The standard InChI is InChI=1S/C64H52N2/c1-43(2)45-23-29-53(30-24-45)65(55-33-27-47-15-11-13-21-51(47)39-55)57-35-37-59-61(41-57)63(49-17-7-5-8-18-49)60-38-36-58(42-62(60)64(59)50-19-9-6-10-20-50)66(54-31-25-46(26-32-54)44(3)4)56-34-28-48-16-12-14-22-52(48)40-56/h5-44H,1-4H3. The Morgan fingerprint density at radius 1 is 0.258 bits per heavy atom.